The molecule has 0 unspecified atom stereocenters. The van der Waals surface area contributed by atoms with Gasteiger partial charge >= 0.3 is 0 Å². The molecule has 0 saturated heterocycles. The molecule has 3 rings (SSSR count). The first-order chi connectivity index (χ1) is 10.7. The Kier molecular flexibility index (Phi) is 3.57. The van der Waals surface area contributed by atoms with Crippen molar-refractivity contribution in [3.63, 3.8) is 0 Å². The summed E-state index contributed by atoms with van der Waals surface area (Å²) < 4.78 is 1.65. The van der Waals surface area contributed by atoms with Gasteiger partial charge in [0.1, 0.15) is 23.8 Å². The summed E-state index contributed by atoms with van der Waals surface area (Å²) in [6.07, 6.45) is 2.97. The molecule has 0 aliphatic carbocycles. The Morgan fingerprint density at radius 3 is 3.18 bits per heavy atom. The topological polar surface area (TPSA) is 134 Å². The number of rotatable bonds is 5. The highest BCUT2D eigenvalue weighted by Crippen LogP contribution is 2.14. The SMILES string of the molecule is Cc1cc(NCCCc2[nH]nc(N)c2C#N)n2ncnc2n1. The molecule has 9 heteroatoms. The van der Waals surface area contributed by atoms with Crippen molar-refractivity contribution in [3.05, 3.63) is 29.3 Å². The van der Waals surface area contributed by atoms with Crippen LogP contribution in [0.3, 0.4) is 0 Å². The Morgan fingerprint density at radius 1 is 1.50 bits per heavy atom. The third kappa shape index (κ3) is 2.54. The summed E-state index contributed by atoms with van der Waals surface area (Å²) in [6, 6.07) is 3.97. The van der Waals surface area contributed by atoms with Crippen molar-refractivity contribution in [1.82, 2.24) is 29.8 Å². The molecule has 0 spiro atoms. The zero-order chi connectivity index (χ0) is 15.5. The third-order valence-electron chi connectivity index (χ3n) is 3.27. The molecular formula is C13H15N9. The predicted octanol–water partition coefficient (Wildman–Crippen LogP) is 0.654. The van der Waals surface area contributed by atoms with Gasteiger partial charge in [-0.05, 0) is 19.8 Å². The lowest BCUT2D eigenvalue weighted by Gasteiger charge is -2.08. The monoisotopic (exact) mass is 297 g/mol. The van der Waals surface area contributed by atoms with E-state index in [9.17, 15) is 0 Å². The summed E-state index contributed by atoms with van der Waals surface area (Å²) in [7, 11) is 0. The number of nitrogens with one attached hydrogen (secondary N) is 2. The summed E-state index contributed by atoms with van der Waals surface area (Å²) in [5.41, 5.74) is 7.67. The fourth-order valence-corrected chi connectivity index (χ4v) is 2.24. The van der Waals surface area contributed by atoms with Gasteiger partial charge in [-0.1, -0.05) is 0 Å². The summed E-state index contributed by atoms with van der Waals surface area (Å²) >= 11 is 0. The Balaban J connectivity index is 1.63. The van der Waals surface area contributed by atoms with Crippen molar-refractivity contribution in [2.45, 2.75) is 19.8 Å². The van der Waals surface area contributed by atoms with E-state index in [-0.39, 0.29) is 5.82 Å². The molecule has 0 amide bonds. The Morgan fingerprint density at radius 2 is 2.36 bits per heavy atom. The predicted molar refractivity (Wildman–Crippen MR) is 80.0 cm³/mol. The number of fused-ring (bicyclic) bond motifs is 1. The minimum Gasteiger partial charge on any atom is -0.381 e. The van der Waals surface area contributed by atoms with Crippen LogP contribution in [0, 0.1) is 18.3 Å². The molecule has 0 bridgehead atoms. The van der Waals surface area contributed by atoms with Gasteiger partial charge < -0.3 is 11.1 Å². The van der Waals surface area contributed by atoms with E-state index in [0.29, 0.717) is 24.3 Å². The summed E-state index contributed by atoms with van der Waals surface area (Å²) in [5, 5.41) is 23.1. The van der Waals surface area contributed by atoms with Crippen LogP contribution in [0.15, 0.2) is 12.4 Å². The highest BCUT2D eigenvalue weighted by molar-refractivity contribution is 5.51. The van der Waals surface area contributed by atoms with E-state index in [1.54, 1.807) is 4.52 Å². The van der Waals surface area contributed by atoms with Crippen molar-refractivity contribution in [3.8, 4) is 6.07 Å². The molecule has 0 fully saturated rings. The van der Waals surface area contributed by atoms with Gasteiger partial charge in [-0.3, -0.25) is 5.10 Å². The van der Waals surface area contributed by atoms with E-state index in [1.165, 1.54) is 6.33 Å². The molecule has 0 aromatic carbocycles. The second-order valence-electron chi connectivity index (χ2n) is 4.86. The van der Waals surface area contributed by atoms with Crippen molar-refractivity contribution in [2.75, 3.05) is 17.6 Å². The molecule has 0 aliphatic heterocycles. The van der Waals surface area contributed by atoms with Crippen molar-refractivity contribution < 1.29 is 0 Å². The first-order valence-electron chi connectivity index (χ1n) is 6.83. The summed E-state index contributed by atoms with van der Waals surface area (Å²) in [5.74, 6) is 1.65. The van der Waals surface area contributed by atoms with Crippen LogP contribution in [0.5, 0.6) is 0 Å². The van der Waals surface area contributed by atoms with E-state index in [2.05, 4.69) is 36.7 Å². The Labute approximate surface area is 126 Å². The molecule has 3 heterocycles. The number of nitrogens with zero attached hydrogens (tertiary/aromatic N) is 6. The van der Waals surface area contributed by atoms with E-state index in [1.807, 2.05) is 13.0 Å². The molecule has 0 radical (unpaired) electrons. The number of nitrogens with two attached hydrogens (primary N) is 1. The Bertz CT molecular complexity index is 839. The number of aromatic nitrogens is 6. The molecule has 3 aromatic rings. The zero-order valence-electron chi connectivity index (χ0n) is 12.0. The van der Waals surface area contributed by atoms with Crippen molar-refractivity contribution in [2.24, 2.45) is 0 Å². The van der Waals surface area contributed by atoms with Crippen LogP contribution in [-0.4, -0.2) is 36.3 Å². The average Bonchev–Trinajstić information content (AvgIpc) is 3.09. The molecular weight excluding hydrogens is 282 g/mol. The van der Waals surface area contributed by atoms with Crippen LogP contribution < -0.4 is 11.1 Å². The molecule has 9 nitrogen and oxygen atoms in total. The van der Waals surface area contributed by atoms with Gasteiger partial charge in [0.05, 0.1) is 5.69 Å². The van der Waals surface area contributed by atoms with E-state index in [4.69, 9.17) is 11.0 Å². The first kappa shape index (κ1) is 13.8. The molecule has 0 atom stereocenters. The fraction of sp³-hybridized carbons (Fsp3) is 0.308. The second-order valence-corrected chi connectivity index (χ2v) is 4.86. The van der Waals surface area contributed by atoms with Crippen LogP contribution in [0.1, 0.15) is 23.4 Å². The molecule has 0 aliphatic rings. The summed E-state index contributed by atoms with van der Waals surface area (Å²) in [6.45, 7) is 2.62. The maximum absolute atomic E-state index is 9.02. The highest BCUT2D eigenvalue weighted by atomic mass is 15.3. The number of nitrogen functional groups attached to an aromatic ring is 1. The molecule has 3 aromatic heterocycles. The lowest BCUT2D eigenvalue weighted by molar-refractivity contribution is 0.813. The number of hydrogen-bond donors (Lipinski definition) is 3. The Hall–Kier alpha value is -3.15. The molecule has 22 heavy (non-hydrogen) atoms. The zero-order valence-corrected chi connectivity index (χ0v) is 12.0. The van der Waals surface area contributed by atoms with Crippen molar-refractivity contribution in [1.29, 1.82) is 5.26 Å². The van der Waals surface area contributed by atoms with Gasteiger partial charge in [0.2, 0.25) is 0 Å². The highest BCUT2D eigenvalue weighted by Gasteiger charge is 2.10. The number of aromatic amines is 1. The van der Waals surface area contributed by atoms with Gasteiger partial charge in [-0.25, -0.2) is 4.98 Å². The normalized spacial score (nSPS) is 10.7. The minimum atomic E-state index is 0.250. The number of hydrogen-bond acceptors (Lipinski definition) is 7. The van der Waals surface area contributed by atoms with Gasteiger partial charge in [0.25, 0.3) is 5.78 Å². The summed E-state index contributed by atoms with van der Waals surface area (Å²) in [4.78, 5) is 8.36. The maximum atomic E-state index is 9.02. The second kappa shape index (κ2) is 5.69. The third-order valence-corrected chi connectivity index (χ3v) is 3.27. The van der Waals surface area contributed by atoms with E-state index < -0.39 is 0 Å². The quantitative estimate of drug-likeness (QED) is 0.589. The average molecular weight is 297 g/mol. The number of anilines is 2. The van der Waals surface area contributed by atoms with Gasteiger partial charge in [-0.2, -0.15) is 25.0 Å². The minimum absolute atomic E-state index is 0.250. The first-order valence-corrected chi connectivity index (χ1v) is 6.83. The maximum Gasteiger partial charge on any atom is 0.254 e. The lowest BCUT2D eigenvalue weighted by atomic mass is 10.1. The van der Waals surface area contributed by atoms with E-state index >= 15 is 0 Å². The molecule has 0 saturated carbocycles. The van der Waals surface area contributed by atoms with E-state index in [0.717, 1.165) is 23.6 Å². The van der Waals surface area contributed by atoms with Crippen molar-refractivity contribution >= 4 is 17.4 Å². The van der Waals surface area contributed by atoms with Gasteiger partial charge in [0, 0.05) is 18.3 Å². The van der Waals surface area contributed by atoms with Crippen LogP contribution in [0.25, 0.3) is 5.78 Å². The lowest BCUT2D eigenvalue weighted by Crippen LogP contribution is -2.09. The largest absolute Gasteiger partial charge is 0.381 e. The fourth-order valence-electron chi connectivity index (χ4n) is 2.24. The number of H-pyrrole nitrogens is 1. The smallest absolute Gasteiger partial charge is 0.254 e. The van der Waals surface area contributed by atoms with Crippen LogP contribution in [0.4, 0.5) is 11.6 Å². The molecule has 112 valence electrons. The van der Waals surface area contributed by atoms with Crippen LogP contribution >= 0.6 is 0 Å². The molecule has 4 N–H and O–H groups in total. The number of nitriles is 1. The van der Waals surface area contributed by atoms with Gasteiger partial charge in [0.15, 0.2) is 5.82 Å². The van der Waals surface area contributed by atoms with Gasteiger partial charge in [-0.15, -0.1) is 0 Å². The van der Waals surface area contributed by atoms with Crippen LogP contribution in [-0.2, 0) is 6.42 Å². The number of aryl methyl sites for hydroxylation is 2. The van der Waals surface area contributed by atoms with Crippen LogP contribution in [0.2, 0.25) is 0 Å². The standard InChI is InChI=1S/C13H15N9/c1-8-5-11(22-13(19-8)17-7-18-22)16-4-2-3-10-9(6-14)12(15)21-20-10/h5,7,16H,2-4H2,1H3,(H3,15,20,21).